The fraction of sp³-hybridized carbons (Fsp3) is 0.333. The van der Waals surface area contributed by atoms with Gasteiger partial charge in [-0.15, -0.1) is 0 Å². The Morgan fingerprint density at radius 2 is 2.22 bits per heavy atom. The molecule has 0 fully saturated rings. The van der Waals surface area contributed by atoms with Crippen LogP contribution in [0.3, 0.4) is 0 Å². The number of benzene rings is 1. The van der Waals surface area contributed by atoms with Gasteiger partial charge < -0.3 is 16.4 Å². The van der Waals surface area contributed by atoms with Gasteiger partial charge in [0.05, 0.1) is 0 Å². The molecule has 0 saturated heterocycles. The normalized spacial score (nSPS) is 11.7. The molecule has 0 heterocycles. The Morgan fingerprint density at radius 3 is 2.78 bits per heavy atom. The smallest absolute Gasteiger partial charge is 0.242 e. The molecule has 1 atom stereocenters. The van der Waals surface area contributed by atoms with E-state index >= 15 is 0 Å². The van der Waals surface area contributed by atoms with Crippen LogP contribution in [0.25, 0.3) is 0 Å². The molecule has 4 N–H and O–H groups in total. The largest absolute Gasteiger partial charge is 0.389 e. The molecule has 1 aromatic rings. The highest BCUT2D eigenvalue weighted by Gasteiger charge is 2.14. The summed E-state index contributed by atoms with van der Waals surface area (Å²) in [5.41, 5.74) is 6.96. The van der Waals surface area contributed by atoms with Crippen LogP contribution in [0.15, 0.2) is 18.2 Å². The molecule has 0 aromatic heterocycles. The van der Waals surface area contributed by atoms with E-state index in [0.717, 1.165) is 0 Å². The SMILES string of the molecule is CCNC(=O)C(C)Nc1ccc(Cl)cc1C(N)=S. The fourth-order valence-corrected chi connectivity index (χ4v) is 1.81. The van der Waals surface area contributed by atoms with Crippen LogP contribution in [0.1, 0.15) is 19.4 Å². The minimum Gasteiger partial charge on any atom is -0.389 e. The molecule has 1 rings (SSSR count). The number of halogens is 1. The van der Waals surface area contributed by atoms with Crippen molar-refractivity contribution in [1.29, 1.82) is 0 Å². The molecule has 1 unspecified atom stereocenters. The maximum atomic E-state index is 11.6. The first-order valence-electron chi connectivity index (χ1n) is 5.59. The van der Waals surface area contributed by atoms with Crippen molar-refractivity contribution in [3.05, 3.63) is 28.8 Å². The van der Waals surface area contributed by atoms with Gasteiger partial charge >= 0.3 is 0 Å². The highest BCUT2D eigenvalue weighted by molar-refractivity contribution is 7.80. The van der Waals surface area contributed by atoms with E-state index in [4.69, 9.17) is 29.6 Å². The van der Waals surface area contributed by atoms with Crippen molar-refractivity contribution in [2.24, 2.45) is 5.73 Å². The molecule has 1 aromatic carbocycles. The summed E-state index contributed by atoms with van der Waals surface area (Å²) in [5.74, 6) is -0.0821. The maximum absolute atomic E-state index is 11.6. The van der Waals surface area contributed by atoms with Gasteiger partial charge in [-0.1, -0.05) is 23.8 Å². The Labute approximate surface area is 117 Å². The lowest BCUT2D eigenvalue weighted by Gasteiger charge is -2.17. The fourth-order valence-electron chi connectivity index (χ4n) is 1.47. The lowest BCUT2D eigenvalue weighted by Crippen LogP contribution is -2.37. The zero-order valence-corrected chi connectivity index (χ0v) is 11.9. The molecule has 0 aliphatic carbocycles. The molecular formula is C12H16ClN3OS. The molecule has 0 aliphatic rings. The van der Waals surface area contributed by atoms with Crippen molar-refractivity contribution in [3.63, 3.8) is 0 Å². The van der Waals surface area contributed by atoms with Crippen molar-refractivity contribution in [1.82, 2.24) is 5.32 Å². The third-order valence-corrected chi connectivity index (χ3v) is 2.82. The number of likely N-dealkylation sites (N-methyl/N-ethyl adjacent to an activating group) is 1. The van der Waals surface area contributed by atoms with Crippen molar-refractivity contribution >= 4 is 40.4 Å². The van der Waals surface area contributed by atoms with Gasteiger partial charge in [0.15, 0.2) is 0 Å². The van der Waals surface area contributed by atoms with Crippen LogP contribution < -0.4 is 16.4 Å². The molecule has 18 heavy (non-hydrogen) atoms. The zero-order valence-electron chi connectivity index (χ0n) is 10.3. The minimum atomic E-state index is -0.376. The maximum Gasteiger partial charge on any atom is 0.242 e. The predicted molar refractivity (Wildman–Crippen MR) is 79.1 cm³/mol. The average molecular weight is 286 g/mol. The second-order valence-electron chi connectivity index (χ2n) is 3.81. The Hall–Kier alpha value is -1.33. The van der Waals surface area contributed by atoms with Crippen LogP contribution in [0.5, 0.6) is 0 Å². The summed E-state index contributed by atoms with van der Waals surface area (Å²) in [5, 5.41) is 6.35. The standard InChI is InChI=1S/C12H16ClN3OS/c1-3-15-12(17)7(2)16-10-5-4-8(13)6-9(10)11(14)18/h4-7,16H,3H2,1-2H3,(H2,14,18)(H,15,17). The van der Waals surface area contributed by atoms with E-state index in [1.165, 1.54) is 0 Å². The summed E-state index contributed by atoms with van der Waals surface area (Å²) in [6.45, 7) is 4.23. The Balaban J connectivity index is 2.90. The first-order chi connectivity index (χ1) is 8.45. The molecule has 0 bridgehead atoms. The topological polar surface area (TPSA) is 67.2 Å². The van der Waals surface area contributed by atoms with Gasteiger partial charge in [-0.3, -0.25) is 4.79 Å². The van der Waals surface area contributed by atoms with Gasteiger partial charge in [-0.2, -0.15) is 0 Å². The van der Waals surface area contributed by atoms with Gasteiger partial charge in [0.1, 0.15) is 11.0 Å². The summed E-state index contributed by atoms with van der Waals surface area (Å²) in [4.78, 5) is 11.9. The molecule has 1 amide bonds. The monoisotopic (exact) mass is 285 g/mol. The number of hydrogen-bond donors (Lipinski definition) is 3. The Bertz CT molecular complexity index is 465. The quantitative estimate of drug-likeness (QED) is 0.723. The number of carbonyl (C=O) groups excluding carboxylic acids is 1. The summed E-state index contributed by atoms with van der Waals surface area (Å²) >= 11 is 10.8. The summed E-state index contributed by atoms with van der Waals surface area (Å²) in [6.07, 6.45) is 0. The number of nitrogens with one attached hydrogen (secondary N) is 2. The van der Waals surface area contributed by atoms with Crippen molar-refractivity contribution in [2.45, 2.75) is 19.9 Å². The number of hydrogen-bond acceptors (Lipinski definition) is 3. The number of rotatable bonds is 5. The van der Waals surface area contributed by atoms with Crippen LogP contribution in [0.2, 0.25) is 5.02 Å². The highest BCUT2D eigenvalue weighted by Crippen LogP contribution is 2.21. The van der Waals surface area contributed by atoms with E-state index in [9.17, 15) is 4.79 Å². The summed E-state index contributed by atoms with van der Waals surface area (Å²) < 4.78 is 0. The molecule has 0 aliphatic heterocycles. The molecular weight excluding hydrogens is 270 g/mol. The van der Waals surface area contributed by atoms with Crippen LogP contribution in [0.4, 0.5) is 5.69 Å². The molecule has 0 radical (unpaired) electrons. The molecule has 6 heteroatoms. The highest BCUT2D eigenvalue weighted by atomic mass is 35.5. The Morgan fingerprint density at radius 1 is 1.56 bits per heavy atom. The van der Waals surface area contributed by atoms with E-state index < -0.39 is 0 Å². The van der Waals surface area contributed by atoms with Crippen LogP contribution in [-0.2, 0) is 4.79 Å². The molecule has 0 saturated carbocycles. The molecule has 4 nitrogen and oxygen atoms in total. The van der Waals surface area contributed by atoms with Crippen LogP contribution in [-0.4, -0.2) is 23.5 Å². The molecule has 0 spiro atoms. The second-order valence-corrected chi connectivity index (χ2v) is 4.69. The van der Waals surface area contributed by atoms with Crippen LogP contribution >= 0.6 is 23.8 Å². The van der Waals surface area contributed by atoms with Crippen LogP contribution in [0, 0.1) is 0 Å². The first-order valence-corrected chi connectivity index (χ1v) is 6.38. The lowest BCUT2D eigenvalue weighted by molar-refractivity contribution is -0.121. The third kappa shape index (κ3) is 3.85. The van der Waals surface area contributed by atoms with Gasteiger partial charge in [-0.25, -0.2) is 0 Å². The minimum absolute atomic E-state index is 0.0821. The Kier molecular flexibility index (Phi) is 5.37. The van der Waals surface area contributed by atoms with Crippen molar-refractivity contribution in [3.8, 4) is 0 Å². The van der Waals surface area contributed by atoms with Gasteiger partial charge in [0.2, 0.25) is 5.91 Å². The van der Waals surface area contributed by atoms with Crippen molar-refractivity contribution < 1.29 is 4.79 Å². The number of carbonyl (C=O) groups is 1. The van der Waals surface area contributed by atoms with E-state index in [-0.39, 0.29) is 16.9 Å². The number of anilines is 1. The second kappa shape index (κ2) is 6.56. The number of nitrogens with two attached hydrogens (primary N) is 1. The number of thiocarbonyl (C=S) groups is 1. The van der Waals surface area contributed by atoms with Crippen molar-refractivity contribution in [2.75, 3.05) is 11.9 Å². The molecule has 98 valence electrons. The average Bonchev–Trinajstić information content (AvgIpc) is 2.31. The van der Waals surface area contributed by atoms with E-state index in [1.807, 2.05) is 6.92 Å². The van der Waals surface area contributed by atoms with E-state index in [2.05, 4.69) is 10.6 Å². The predicted octanol–water partition coefficient (Wildman–Crippen LogP) is 1.91. The zero-order chi connectivity index (χ0) is 13.7. The van der Waals surface area contributed by atoms with Gasteiger partial charge in [0.25, 0.3) is 0 Å². The van der Waals surface area contributed by atoms with E-state index in [0.29, 0.717) is 22.8 Å². The van der Waals surface area contributed by atoms with Gasteiger partial charge in [0, 0.05) is 22.8 Å². The lowest BCUT2D eigenvalue weighted by atomic mass is 10.1. The first kappa shape index (κ1) is 14.7. The summed E-state index contributed by atoms with van der Waals surface area (Å²) in [7, 11) is 0. The van der Waals surface area contributed by atoms with E-state index in [1.54, 1.807) is 25.1 Å². The third-order valence-electron chi connectivity index (χ3n) is 2.36. The summed E-state index contributed by atoms with van der Waals surface area (Å²) in [6, 6.07) is 4.78. The van der Waals surface area contributed by atoms with Gasteiger partial charge in [-0.05, 0) is 32.0 Å². The number of amides is 1.